The molecule has 0 aliphatic rings. The quantitative estimate of drug-likeness (QED) is 0.224. The lowest BCUT2D eigenvalue weighted by atomic mass is 9.99. The first-order valence-electron chi connectivity index (χ1n) is 9.87. The molecule has 11 heteroatoms. The molecule has 0 saturated heterocycles. The second-order valence-electron chi connectivity index (χ2n) is 8.03. The van der Waals surface area contributed by atoms with Crippen molar-refractivity contribution in [2.75, 3.05) is 0 Å². The summed E-state index contributed by atoms with van der Waals surface area (Å²) in [6.45, 7) is 8.37. The molecule has 0 spiro atoms. The molecule has 3 amide bonds. The summed E-state index contributed by atoms with van der Waals surface area (Å²) in [5.74, 6) is -4.55. The number of carbonyl (C=O) groups excluding carboxylic acids is 3. The van der Waals surface area contributed by atoms with Crippen LogP contribution < -0.4 is 21.7 Å². The Morgan fingerprint density at radius 2 is 1.40 bits per heavy atom. The van der Waals surface area contributed by atoms with Crippen LogP contribution in [0.2, 0.25) is 0 Å². The highest BCUT2D eigenvalue weighted by Crippen LogP contribution is 2.09. The first-order valence-corrected chi connectivity index (χ1v) is 9.87. The number of carbonyl (C=O) groups is 5. The molecule has 7 N–H and O–H groups in total. The zero-order chi connectivity index (χ0) is 23.6. The summed E-state index contributed by atoms with van der Waals surface area (Å²) >= 11 is 0. The van der Waals surface area contributed by atoms with Gasteiger partial charge >= 0.3 is 11.9 Å². The van der Waals surface area contributed by atoms with Crippen molar-refractivity contribution in [1.29, 1.82) is 0 Å². The first kappa shape index (κ1) is 27.3. The number of nitrogens with two attached hydrogens (primary N) is 1. The molecule has 30 heavy (non-hydrogen) atoms. The van der Waals surface area contributed by atoms with E-state index in [-0.39, 0.29) is 31.1 Å². The van der Waals surface area contributed by atoms with Crippen LogP contribution in [0.4, 0.5) is 0 Å². The normalized spacial score (nSPS) is 15.1. The Hall–Kier alpha value is -2.69. The maximum Gasteiger partial charge on any atom is 0.325 e. The van der Waals surface area contributed by atoms with Gasteiger partial charge in [-0.1, -0.05) is 27.7 Å². The number of hydrogen-bond donors (Lipinski definition) is 6. The molecule has 0 radical (unpaired) electrons. The maximum atomic E-state index is 12.8. The van der Waals surface area contributed by atoms with Crippen molar-refractivity contribution in [1.82, 2.24) is 16.0 Å². The summed E-state index contributed by atoms with van der Waals surface area (Å²) in [7, 11) is 0. The van der Waals surface area contributed by atoms with Gasteiger partial charge in [-0.25, -0.2) is 0 Å². The topological polar surface area (TPSA) is 188 Å². The van der Waals surface area contributed by atoms with Gasteiger partial charge < -0.3 is 31.9 Å². The molecule has 0 aromatic heterocycles. The van der Waals surface area contributed by atoms with Crippen LogP contribution in [0, 0.1) is 11.8 Å². The number of hydrogen-bond acceptors (Lipinski definition) is 6. The molecule has 11 nitrogen and oxygen atoms in total. The van der Waals surface area contributed by atoms with Crippen LogP contribution in [0.5, 0.6) is 0 Å². The summed E-state index contributed by atoms with van der Waals surface area (Å²) in [4.78, 5) is 59.1. The van der Waals surface area contributed by atoms with Crippen molar-refractivity contribution in [2.24, 2.45) is 17.6 Å². The fraction of sp³-hybridized carbons (Fsp3) is 0.737. The van der Waals surface area contributed by atoms with Crippen molar-refractivity contribution in [2.45, 2.75) is 78.0 Å². The molecule has 0 aromatic rings. The van der Waals surface area contributed by atoms with Crippen LogP contribution in [0.1, 0.15) is 53.9 Å². The predicted molar refractivity (Wildman–Crippen MR) is 108 cm³/mol. The van der Waals surface area contributed by atoms with E-state index in [1.165, 1.54) is 6.92 Å². The van der Waals surface area contributed by atoms with Crippen LogP contribution in [-0.4, -0.2) is 64.0 Å². The second kappa shape index (κ2) is 12.8. The summed E-state index contributed by atoms with van der Waals surface area (Å²) in [6.07, 6.45) is -0.102. The second-order valence-corrected chi connectivity index (χ2v) is 8.03. The molecule has 0 aromatic carbocycles. The Morgan fingerprint density at radius 1 is 0.833 bits per heavy atom. The number of nitrogens with one attached hydrogen (secondary N) is 3. The van der Waals surface area contributed by atoms with Gasteiger partial charge in [0.05, 0.1) is 6.04 Å². The van der Waals surface area contributed by atoms with Crippen molar-refractivity contribution in [3.8, 4) is 0 Å². The fourth-order valence-electron chi connectivity index (χ4n) is 2.55. The number of amides is 3. The number of rotatable bonds is 13. The predicted octanol–water partition coefficient (Wildman–Crippen LogP) is -0.560. The third-order valence-corrected chi connectivity index (χ3v) is 4.32. The van der Waals surface area contributed by atoms with Crippen LogP contribution in [0.25, 0.3) is 0 Å². The smallest absolute Gasteiger partial charge is 0.325 e. The van der Waals surface area contributed by atoms with Gasteiger partial charge in [0.1, 0.15) is 18.1 Å². The summed E-state index contributed by atoms with van der Waals surface area (Å²) in [6, 6.07) is -4.22. The standard InChI is InChI=1S/C19H34N4O7/c1-9(2)8-13(22-16(26)12(20)6-7-14(24)25)17(27)23-15(10(3)4)18(28)21-11(5)19(29)30/h9-13,15H,6-8,20H2,1-5H3,(H,21,28)(H,22,26)(H,23,27)(H,24,25)(H,29,30). The SMILES string of the molecule is CC(C)CC(NC(=O)C(N)CCC(=O)O)C(=O)NC(C(=O)NC(C)C(=O)O)C(C)C. The van der Waals surface area contributed by atoms with E-state index in [4.69, 9.17) is 15.9 Å². The minimum absolute atomic E-state index is 0.0228. The Morgan fingerprint density at radius 3 is 1.83 bits per heavy atom. The van der Waals surface area contributed by atoms with E-state index in [0.29, 0.717) is 0 Å². The van der Waals surface area contributed by atoms with E-state index in [1.807, 2.05) is 13.8 Å². The minimum Gasteiger partial charge on any atom is -0.481 e. The molecule has 4 unspecified atom stereocenters. The molecule has 0 heterocycles. The summed E-state index contributed by atoms with van der Waals surface area (Å²) in [5.41, 5.74) is 5.70. The molecule has 4 atom stereocenters. The molecular formula is C19H34N4O7. The molecule has 0 bridgehead atoms. The van der Waals surface area contributed by atoms with Gasteiger partial charge in [-0.15, -0.1) is 0 Å². The number of carboxylic acids is 2. The van der Waals surface area contributed by atoms with Gasteiger partial charge in [0.25, 0.3) is 0 Å². The van der Waals surface area contributed by atoms with Crippen LogP contribution in [0.3, 0.4) is 0 Å². The Kier molecular flexibility index (Phi) is 11.6. The lowest BCUT2D eigenvalue weighted by molar-refractivity contribution is -0.142. The Balaban J connectivity index is 5.25. The largest absolute Gasteiger partial charge is 0.481 e. The van der Waals surface area contributed by atoms with E-state index in [9.17, 15) is 24.0 Å². The summed E-state index contributed by atoms with van der Waals surface area (Å²) in [5, 5.41) is 25.1. The molecule has 0 fully saturated rings. The van der Waals surface area contributed by atoms with Crippen molar-refractivity contribution in [3.63, 3.8) is 0 Å². The average Bonchev–Trinajstić information content (AvgIpc) is 2.62. The maximum absolute atomic E-state index is 12.8. The molecule has 0 aliphatic heterocycles. The van der Waals surface area contributed by atoms with Gasteiger partial charge in [0, 0.05) is 6.42 Å². The van der Waals surface area contributed by atoms with Crippen LogP contribution >= 0.6 is 0 Å². The van der Waals surface area contributed by atoms with E-state index in [0.717, 1.165) is 0 Å². The van der Waals surface area contributed by atoms with Gasteiger partial charge in [0.2, 0.25) is 17.7 Å². The van der Waals surface area contributed by atoms with Crippen molar-refractivity contribution < 1.29 is 34.2 Å². The highest BCUT2D eigenvalue weighted by atomic mass is 16.4. The third-order valence-electron chi connectivity index (χ3n) is 4.32. The Bertz CT molecular complexity index is 636. The first-order chi connectivity index (χ1) is 13.8. The zero-order valence-corrected chi connectivity index (χ0v) is 18.1. The van der Waals surface area contributed by atoms with Crippen LogP contribution in [0.15, 0.2) is 0 Å². The van der Waals surface area contributed by atoms with Crippen LogP contribution in [-0.2, 0) is 24.0 Å². The highest BCUT2D eigenvalue weighted by molar-refractivity contribution is 5.94. The van der Waals surface area contributed by atoms with Crippen molar-refractivity contribution >= 4 is 29.7 Å². The Labute approximate surface area is 176 Å². The lowest BCUT2D eigenvalue weighted by Gasteiger charge is -2.27. The fourth-order valence-corrected chi connectivity index (χ4v) is 2.55. The monoisotopic (exact) mass is 430 g/mol. The molecular weight excluding hydrogens is 396 g/mol. The van der Waals surface area contributed by atoms with Crippen molar-refractivity contribution in [3.05, 3.63) is 0 Å². The minimum atomic E-state index is -1.21. The lowest BCUT2D eigenvalue weighted by Crippen LogP contribution is -2.58. The van der Waals surface area contributed by atoms with Gasteiger partial charge in [-0.2, -0.15) is 0 Å². The zero-order valence-electron chi connectivity index (χ0n) is 18.1. The van der Waals surface area contributed by atoms with Gasteiger partial charge in [-0.05, 0) is 31.6 Å². The number of carboxylic acid groups (broad SMARTS) is 2. The van der Waals surface area contributed by atoms with Gasteiger partial charge in [-0.3, -0.25) is 24.0 Å². The molecule has 0 aliphatic carbocycles. The molecule has 0 saturated carbocycles. The average molecular weight is 431 g/mol. The third kappa shape index (κ3) is 10.2. The van der Waals surface area contributed by atoms with E-state index < -0.39 is 53.8 Å². The molecule has 172 valence electrons. The van der Waals surface area contributed by atoms with E-state index in [1.54, 1.807) is 13.8 Å². The van der Waals surface area contributed by atoms with E-state index in [2.05, 4.69) is 16.0 Å². The molecule has 0 rings (SSSR count). The summed E-state index contributed by atoms with van der Waals surface area (Å²) < 4.78 is 0. The highest BCUT2D eigenvalue weighted by Gasteiger charge is 2.31. The van der Waals surface area contributed by atoms with Gasteiger partial charge in [0.15, 0.2) is 0 Å². The van der Waals surface area contributed by atoms with E-state index >= 15 is 0 Å². The number of aliphatic carboxylic acids is 2.